The third-order valence-electron chi connectivity index (χ3n) is 8.26. The largest absolute Gasteiger partial charge is 3.00 e. The van der Waals surface area contributed by atoms with Crippen molar-refractivity contribution in [2.24, 2.45) is 20.0 Å². The summed E-state index contributed by atoms with van der Waals surface area (Å²) in [6, 6.07) is 17.3. The van der Waals surface area contributed by atoms with Crippen LogP contribution in [0.2, 0.25) is 0 Å². The molecule has 0 saturated carbocycles. The van der Waals surface area contributed by atoms with E-state index < -0.39 is 46.8 Å². The number of hydrogen-bond donors (Lipinski definition) is 4. The molecule has 0 spiro atoms. The number of rotatable bonds is 14. The van der Waals surface area contributed by atoms with Gasteiger partial charge in [0.2, 0.25) is 0 Å². The van der Waals surface area contributed by atoms with E-state index in [9.17, 15) is 39.6 Å². The molecule has 0 fully saturated rings. The number of hydrogen-bond acceptors (Lipinski definition) is 16. The molecule has 0 unspecified atom stereocenters. The van der Waals surface area contributed by atoms with Crippen LogP contribution < -0.4 is 41.7 Å². The molecule has 21 nitrogen and oxygen atoms in total. The van der Waals surface area contributed by atoms with Crippen molar-refractivity contribution in [2.75, 3.05) is 47.4 Å². The Bertz CT molecular complexity index is 2280. The topological polar surface area (TPSA) is 324 Å². The maximum absolute atomic E-state index is 12.1. The molecule has 0 atom stereocenters. The molecule has 0 bridgehead atoms. The number of carbonyl (C=O) groups is 4. The number of benzene rings is 4. The van der Waals surface area contributed by atoms with E-state index >= 15 is 0 Å². The van der Waals surface area contributed by atoms with Crippen molar-refractivity contribution >= 4 is 72.0 Å². The molecule has 2 radical (unpaired) electrons. The summed E-state index contributed by atoms with van der Waals surface area (Å²) in [5.41, 5.74) is 0.268. The molecule has 23 heteroatoms. The molecule has 4 N–H and O–H groups in total. The van der Waals surface area contributed by atoms with Crippen molar-refractivity contribution in [2.45, 2.75) is 105 Å². The Hall–Kier alpha value is -7.16. The monoisotopic (exact) mass is 1120 g/mol. The van der Waals surface area contributed by atoms with Gasteiger partial charge in [-0.25, -0.2) is 19.2 Å². The van der Waals surface area contributed by atoms with Crippen LogP contribution in [0, 0.1) is 0 Å². The van der Waals surface area contributed by atoms with Crippen molar-refractivity contribution in [1.29, 1.82) is 0 Å². The van der Waals surface area contributed by atoms with E-state index in [0.29, 0.717) is 45.0 Å². The van der Waals surface area contributed by atoms with Crippen molar-refractivity contribution in [3.63, 3.8) is 0 Å². The van der Waals surface area contributed by atoms with E-state index in [4.69, 9.17) is 18.9 Å². The number of ether oxygens (including phenoxy) is 4. The molecular weight excluding hydrogens is 1060 g/mol. The number of aliphatic imine (C=N–C) groups is 4. The van der Waals surface area contributed by atoms with Gasteiger partial charge in [0.1, 0.15) is 22.4 Å². The fourth-order valence-corrected chi connectivity index (χ4v) is 5.48. The predicted octanol–water partition coefficient (Wildman–Crippen LogP) is 8.01. The summed E-state index contributed by atoms with van der Waals surface area (Å²) in [7, 11) is 0. The molecule has 4 rings (SSSR count). The Morgan fingerprint density at radius 2 is 0.560 bits per heavy atom. The zero-order valence-electron chi connectivity index (χ0n) is 43.9. The van der Waals surface area contributed by atoms with Gasteiger partial charge in [-0.3, -0.25) is 41.2 Å². The molecule has 0 heterocycles. The SMILES string of the molecule is CC(C)(C)OC(=O)Nc1ccc([O-])c(C=NCCN=Cc2cc(NC(=O)OC(C)(C)C)ccc2[O-])c1.CC(C)(C)OC(=O)Nc1ccc([O-])c(C=NCCN=Cc2cc(NC(=O)OC(C)(C)C)ccc2[O-])c1.[Fe+3].[Fe+3].[O-2]. The quantitative estimate of drug-likeness (QED) is 0.0404. The number of amides is 4. The maximum Gasteiger partial charge on any atom is 3.00 e. The molecule has 0 aromatic heterocycles. The summed E-state index contributed by atoms with van der Waals surface area (Å²) >= 11 is 0. The summed E-state index contributed by atoms with van der Waals surface area (Å²) in [4.78, 5) is 64.4. The molecule has 4 aromatic rings. The van der Waals surface area contributed by atoms with E-state index in [1.807, 2.05) is 0 Å². The van der Waals surface area contributed by atoms with Crippen molar-refractivity contribution in [3.05, 3.63) is 95.1 Å². The minimum atomic E-state index is -0.643. The van der Waals surface area contributed by atoms with Crippen molar-refractivity contribution in [3.8, 4) is 23.0 Å². The van der Waals surface area contributed by atoms with Gasteiger partial charge in [0.25, 0.3) is 0 Å². The predicted molar refractivity (Wildman–Crippen MR) is 274 cm³/mol. The zero-order valence-corrected chi connectivity index (χ0v) is 46.1. The first-order chi connectivity index (χ1) is 33.4. The molecule has 4 aromatic carbocycles. The second-order valence-electron chi connectivity index (χ2n) is 19.7. The van der Waals surface area contributed by atoms with Gasteiger partial charge in [-0.15, -0.1) is 0 Å². The Morgan fingerprint density at radius 3 is 0.720 bits per heavy atom. The van der Waals surface area contributed by atoms with Gasteiger partial charge in [-0.2, -0.15) is 0 Å². The third kappa shape index (κ3) is 28.8. The Morgan fingerprint density at radius 1 is 0.387 bits per heavy atom. The number of anilines is 4. The van der Waals surface area contributed by atoms with Crippen LogP contribution in [0.25, 0.3) is 0 Å². The fraction of sp³-hybridized carbons (Fsp3) is 0.385. The van der Waals surface area contributed by atoms with Gasteiger partial charge in [0, 0.05) is 47.6 Å². The van der Waals surface area contributed by atoms with E-state index in [1.54, 1.807) is 83.1 Å². The summed E-state index contributed by atoms with van der Waals surface area (Å²) < 4.78 is 20.8. The van der Waals surface area contributed by atoms with Crippen LogP contribution in [-0.2, 0) is 58.6 Å². The van der Waals surface area contributed by atoms with Gasteiger partial charge in [0.15, 0.2) is 0 Å². The van der Waals surface area contributed by atoms with Crippen LogP contribution >= 0.6 is 0 Å². The molecule has 4 amide bonds. The first-order valence-corrected chi connectivity index (χ1v) is 22.7. The van der Waals surface area contributed by atoms with Crippen LogP contribution in [0.3, 0.4) is 0 Å². The summed E-state index contributed by atoms with van der Waals surface area (Å²) in [5, 5.41) is 58.6. The van der Waals surface area contributed by atoms with Crippen LogP contribution in [0.4, 0.5) is 41.9 Å². The van der Waals surface area contributed by atoms with Crippen LogP contribution in [0.1, 0.15) is 105 Å². The van der Waals surface area contributed by atoms with Crippen molar-refractivity contribution in [1.82, 2.24) is 0 Å². The van der Waals surface area contributed by atoms with Gasteiger partial charge < -0.3 is 44.8 Å². The number of nitrogens with one attached hydrogen (secondary N) is 4. The molecule has 0 aliphatic carbocycles. The van der Waals surface area contributed by atoms with Crippen LogP contribution in [0.5, 0.6) is 23.0 Å². The van der Waals surface area contributed by atoms with Crippen molar-refractivity contribution < 1.29 is 98.2 Å². The average Bonchev–Trinajstić information content (AvgIpc) is 3.22. The van der Waals surface area contributed by atoms with Gasteiger partial charge in [-0.05, 0) is 154 Å². The molecule has 0 saturated heterocycles. The minimum absolute atomic E-state index is 0. The smallest absolute Gasteiger partial charge is 2.00 e. The van der Waals surface area contributed by atoms with Gasteiger partial charge >= 0.3 is 58.5 Å². The molecule has 75 heavy (non-hydrogen) atoms. The Labute approximate surface area is 459 Å². The number of nitrogens with zero attached hydrogens (tertiary/aromatic N) is 4. The number of carbonyl (C=O) groups excluding carboxylic acids is 4. The average molecular weight is 1120 g/mol. The third-order valence-corrected chi connectivity index (χ3v) is 8.26. The summed E-state index contributed by atoms with van der Waals surface area (Å²) in [5.74, 6) is -0.992. The first kappa shape index (κ1) is 67.8. The molecular formula is C52H64Fe2N8O13. The second-order valence-corrected chi connectivity index (χ2v) is 19.7. The normalized spacial score (nSPS) is 11.6. The molecule has 406 valence electrons. The molecule has 0 aliphatic heterocycles. The first-order valence-electron chi connectivity index (χ1n) is 22.7. The summed E-state index contributed by atoms with van der Waals surface area (Å²) in [6.45, 7) is 22.1. The maximum atomic E-state index is 12.1. The summed E-state index contributed by atoms with van der Waals surface area (Å²) in [6.07, 6.45) is 3.13. The van der Waals surface area contributed by atoms with Gasteiger partial charge in [-0.1, -0.05) is 47.3 Å². The van der Waals surface area contributed by atoms with Gasteiger partial charge in [0.05, 0.1) is 26.2 Å². The standard InChI is InChI=1S/2C26H34N4O6.2Fe.O/c2*1-25(2,3)35-23(33)29-19-7-9-21(31)17(13-19)15-27-11-12-28-16-18-14-20(8-10-22(18)32)30-24(34)36-26(4,5)6;;;/h2*7-10,13-16,31-32H,11-12H2,1-6H3,(H,29,33)(H,30,34);;;/q;;2*+3;-2/p-4. The fourth-order valence-electron chi connectivity index (χ4n) is 5.48. The zero-order chi connectivity index (χ0) is 53.9. The van der Waals surface area contributed by atoms with Crippen LogP contribution in [0.15, 0.2) is 92.8 Å². The van der Waals surface area contributed by atoms with Crippen LogP contribution in [-0.4, -0.2) is 97.8 Å². The Balaban J connectivity index is 0.00000140. The molecule has 0 aliphatic rings. The van der Waals surface area contributed by atoms with E-state index in [1.165, 1.54) is 97.7 Å². The van der Waals surface area contributed by atoms with E-state index in [0.717, 1.165) is 0 Å². The minimum Gasteiger partial charge on any atom is -2.00 e. The van der Waals surface area contributed by atoms with E-state index in [-0.39, 0.29) is 88.8 Å². The Kier molecular flexibility index (Phi) is 27.9. The second kappa shape index (κ2) is 30.9. The van der Waals surface area contributed by atoms with E-state index in [2.05, 4.69) is 41.2 Å².